The van der Waals surface area contributed by atoms with Crippen LogP contribution < -0.4 is 10.5 Å². The highest BCUT2D eigenvalue weighted by molar-refractivity contribution is 7.89. The van der Waals surface area contributed by atoms with E-state index in [1.54, 1.807) is 0 Å². The average Bonchev–Trinajstić information content (AvgIpc) is 2.16. The Bertz CT molecular complexity index is 247. The highest BCUT2D eigenvalue weighted by Crippen LogP contribution is 2.13. The Morgan fingerprint density at radius 3 is 2.79 bits per heavy atom. The molecule has 1 saturated heterocycles. The Balaban J connectivity index is 2.33. The van der Waals surface area contributed by atoms with Crippen molar-refractivity contribution in [3.05, 3.63) is 0 Å². The molecule has 0 spiro atoms. The molecule has 14 heavy (non-hydrogen) atoms. The van der Waals surface area contributed by atoms with Crippen LogP contribution in [0.4, 0.5) is 0 Å². The van der Waals surface area contributed by atoms with Gasteiger partial charge in [0.05, 0.1) is 11.9 Å². The summed E-state index contributed by atoms with van der Waals surface area (Å²) < 4.78 is 30.6. The second-order valence-corrected chi connectivity index (χ2v) is 5.30. The van der Waals surface area contributed by atoms with E-state index in [1.165, 1.54) is 0 Å². The average molecular weight is 222 g/mol. The molecule has 1 heterocycles. The van der Waals surface area contributed by atoms with Gasteiger partial charge in [0, 0.05) is 19.7 Å². The van der Waals surface area contributed by atoms with E-state index in [2.05, 4.69) is 4.72 Å². The van der Waals surface area contributed by atoms with Crippen LogP contribution in [0.15, 0.2) is 0 Å². The molecular weight excluding hydrogens is 204 g/mol. The molecule has 0 radical (unpaired) electrons. The second-order valence-electron chi connectivity index (χ2n) is 3.45. The molecule has 0 aromatic heterocycles. The maximum Gasteiger partial charge on any atom is 0.214 e. The van der Waals surface area contributed by atoms with E-state index in [4.69, 9.17) is 10.5 Å². The number of ether oxygens (including phenoxy) is 1. The molecule has 1 fully saturated rings. The van der Waals surface area contributed by atoms with Crippen LogP contribution in [0, 0.1) is 0 Å². The van der Waals surface area contributed by atoms with Crippen LogP contribution in [-0.2, 0) is 14.8 Å². The van der Waals surface area contributed by atoms with Gasteiger partial charge in [-0.25, -0.2) is 13.1 Å². The molecule has 84 valence electrons. The normalized spacial score (nSPS) is 23.6. The fourth-order valence-corrected chi connectivity index (χ4v) is 2.76. The van der Waals surface area contributed by atoms with Crippen LogP contribution in [0.1, 0.15) is 19.3 Å². The molecule has 1 unspecified atom stereocenters. The van der Waals surface area contributed by atoms with Crippen molar-refractivity contribution in [2.24, 2.45) is 5.73 Å². The van der Waals surface area contributed by atoms with E-state index in [1.807, 2.05) is 0 Å². The molecule has 6 heteroatoms. The molecule has 0 bridgehead atoms. The summed E-state index contributed by atoms with van der Waals surface area (Å²) in [5, 5.41) is 0. The number of rotatable bonds is 5. The van der Waals surface area contributed by atoms with Crippen LogP contribution in [0.5, 0.6) is 0 Å². The minimum Gasteiger partial charge on any atom is -0.377 e. The molecule has 1 aliphatic rings. The maximum absolute atomic E-state index is 11.4. The summed E-state index contributed by atoms with van der Waals surface area (Å²) in [5.41, 5.74) is 5.21. The monoisotopic (exact) mass is 222 g/mol. The third-order valence-electron chi connectivity index (χ3n) is 2.15. The van der Waals surface area contributed by atoms with Crippen molar-refractivity contribution < 1.29 is 13.2 Å². The lowest BCUT2D eigenvalue weighted by molar-refractivity contribution is 0.0304. The molecule has 0 aliphatic carbocycles. The first-order valence-electron chi connectivity index (χ1n) is 4.93. The Hall–Kier alpha value is -0.170. The summed E-state index contributed by atoms with van der Waals surface area (Å²) in [6, 6.07) is 0. The van der Waals surface area contributed by atoms with E-state index < -0.39 is 10.0 Å². The van der Waals surface area contributed by atoms with Crippen molar-refractivity contribution in [2.45, 2.75) is 25.4 Å². The second kappa shape index (κ2) is 5.65. The zero-order valence-corrected chi connectivity index (χ0v) is 9.05. The van der Waals surface area contributed by atoms with E-state index in [0.717, 1.165) is 19.3 Å². The molecule has 3 N–H and O–H groups in total. The van der Waals surface area contributed by atoms with Crippen LogP contribution >= 0.6 is 0 Å². The van der Waals surface area contributed by atoms with Gasteiger partial charge in [0.1, 0.15) is 0 Å². The molecular formula is C8H18N2O3S. The first-order chi connectivity index (χ1) is 6.64. The number of sulfonamides is 1. The van der Waals surface area contributed by atoms with Gasteiger partial charge in [-0.05, 0) is 19.3 Å². The van der Waals surface area contributed by atoms with Crippen molar-refractivity contribution in [1.29, 1.82) is 0 Å². The van der Waals surface area contributed by atoms with Crippen molar-refractivity contribution >= 4 is 10.0 Å². The summed E-state index contributed by atoms with van der Waals surface area (Å²) in [6.45, 7) is 1.30. The maximum atomic E-state index is 11.4. The molecule has 5 nitrogen and oxygen atoms in total. The highest BCUT2D eigenvalue weighted by atomic mass is 32.2. The zero-order valence-electron chi connectivity index (χ0n) is 8.24. The third kappa shape index (κ3) is 4.36. The lowest BCUT2D eigenvalue weighted by Gasteiger charge is -2.22. The van der Waals surface area contributed by atoms with E-state index in [-0.39, 0.29) is 11.9 Å². The van der Waals surface area contributed by atoms with Gasteiger partial charge in [-0.15, -0.1) is 0 Å². The summed E-state index contributed by atoms with van der Waals surface area (Å²) in [7, 11) is -3.20. The van der Waals surface area contributed by atoms with Crippen LogP contribution in [0.3, 0.4) is 0 Å². The van der Waals surface area contributed by atoms with Gasteiger partial charge in [-0.1, -0.05) is 0 Å². The van der Waals surface area contributed by atoms with Gasteiger partial charge in [0.2, 0.25) is 10.0 Å². The predicted octanol–water partition coefficient (Wildman–Crippen LogP) is -0.566. The van der Waals surface area contributed by atoms with Crippen molar-refractivity contribution in [2.75, 3.05) is 25.4 Å². The Kier molecular flexibility index (Phi) is 4.80. The third-order valence-corrected chi connectivity index (χ3v) is 3.60. The van der Waals surface area contributed by atoms with Crippen LogP contribution in [-0.4, -0.2) is 40.0 Å². The Morgan fingerprint density at radius 1 is 1.43 bits per heavy atom. The minimum atomic E-state index is -3.20. The summed E-state index contributed by atoms with van der Waals surface area (Å²) in [4.78, 5) is 0. The Morgan fingerprint density at radius 2 is 2.21 bits per heavy atom. The molecule has 0 aromatic rings. The molecule has 0 amide bonds. The SMILES string of the molecule is NCCNS(=O)(=O)CC1CCCCO1. The first kappa shape index (κ1) is 11.9. The lowest BCUT2D eigenvalue weighted by atomic mass is 10.1. The fraction of sp³-hybridized carbons (Fsp3) is 1.00. The smallest absolute Gasteiger partial charge is 0.214 e. The summed E-state index contributed by atoms with van der Waals surface area (Å²) in [6.07, 6.45) is 2.78. The van der Waals surface area contributed by atoms with Crippen LogP contribution in [0.25, 0.3) is 0 Å². The number of hydrogen-bond acceptors (Lipinski definition) is 4. The first-order valence-corrected chi connectivity index (χ1v) is 6.58. The van der Waals surface area contributed by atoms with Crippen molar-refractivity contribution in [3.8, 4) is 0 Å². The highest BCUT2D eigenvalue weighted by Gasteiger charge is 2.21. The summed E-state index contributed by atoms with van der Waals surface area (Å²) >= 11 is 0. The Labute approximate surface area is 85.1 Å². The number of hydrogen-bond donors (Lipinski definition) is 2. The zero-order chi connectivity index (χ0) is 10.4. The van der Waals surface area contributed by atoms with Gasteiger partial charge in [-0.2, -0.15) is 0 Å². The van der Waals surface area contributed by atoms with Crippen LogP contribution in [0.2, 0.25) is 0 Å². The van der Waals surface area contributed by atoms with Crippen molar-refractivity contribution in [1.82, 2.24) is 4.72 Å². The van der Waals surface area contributed by atoms with Gasteiger partial charge < -0.3 is 10.5 Å². The number of nitrogens with one attached hydrogen (secondary N) is 1. The molecule has 0 saturated carbocycles. The van der Waals surface area contributed by atoms with E-state index in [9.17, 15) is 8.42 Å². The molecule has 1 aliphatic heterocycles. The predicted molar refractivity (Wildman–Crippen MR) is 54.4 cm³/mol. The molecule has 0 aromatic carbocycles. The van der Waals surface area contributed by atoms with E-state index >= 15 is 0 Å². The summed E-state index contributed by atoms with van der Waals surface area (Å²) in [5.74, 6) is 0.0625. The lowest BCUT2D eigenvalue weighted by Crippen LogP contribution is -2.37. The van der Waals surface area contributed by atoms with Gasteiger partial charge >= 0.3 is 0 Å². The van der Waals surface area contributed by atoms with Gasteiger partial charge in [-0.3, -0.25) is 0 Å². The van der Waals surface area contributed by atoms with Gasteiger partial charge in [0.25, 0.3) is 0 Å². The quantitative estimate of drug-likeness (QED) is 0.653. The van der Waals surface area contributed by atoms with Crippen molar-refractivity contribution in [3.63, 3.8) is 0 Å². The number of nitrogens with two attached hydrogens (primary N) is 1. The topological polar surface area (TPSA) is 81.4 Å². The standard InChI is InChI=1S/C8H18N2O3S/c9-4-5-10-14(11,12)7-8-3-1-2-6-13-8/h8,10H,1-7,9H2. The van der Waals surface area contributed by atoms with E-state index in [0.29, 0.717) is 19.7 Å². The minimum absolute atomic E-state index is 0.0625. The molecule has 1 atom stereocenters. The van der Waals surface area contributed by atoms with Gasteiger partial charge in [0.15, 0.2) is 0 Å². The molecule has 1 rings (SSSR count). The fourth-order valence-electron chi connectivity index (χ4n) is 1.46. The largest absolute Gasteiger partial charge is 0.377 e.